The van der Waals surface area contributed by atoms with Crippen molar-refractivity contribution in [2.24, 2.45) is 5.41 Å². The standard InChI is InChI=1S/C21H27N3O4/c1-21(2)11-6-5-10-14(21)23-16-15(18(26)19(16)27)22-13-9-7-8-12(17(13)25)20(28)24(3)4/h7-9,14,22-23,25H,5-6,10-11H2,1-4H3. The number of hydrogen-bond acceptors (Lipinski definition) is 6. The van der Waals surface area contributed by atoms with Gasteiger partial charge in [0.15, 0.2) is 5.75 Å². The average Bonchev–Trinajstić information content (AvgIpc) is 2.65. The minimum Gasteiger partial charge on any atom is -0.505 e. The molecule has 1 fully saturated rings. The average molecular weight is 385 g/mol. The predicted molar refractivity (Wildman–Crippen MR) is 110 cm³/mol. The molecular formula is C21H27N3O4. The van der Waals surface area contributed by atoms with Gasteiger partial charge in [0, 0.05) is 20.1 Å². The summed E-state index contributed by atoms with van der Waals surface area (Å²) in [5, 5.41) is 16.6. The number of carbonyl (C=O) groups is 1. The lowest BCUT2D eigenvalue weighted by molar-refractivity contribution is 0.0824. The second-order valence-electron chi connectivity index (χ2n) is 8.37. The van der Waals surface area contributed by atoms with Gasteiger partial charge in [-0.25, -0.2) is 0 Å². The van der Waals surface area contributed by atoms with E-state index in [0.717, 1.165) is 25.7 Å². The van der Waals surface area contributed by atoms with Gasteiger partial charge >= 0.3 is 0 Å². The minimum absolute atomic E-state index is 0.0233. The van der Waals surface area contributed by atoms with Crippen LogP contribution >= 0.6 is 0 Å². The second kappa shape index (κ2) is 7.30. The maximum Gasteiger partial charge on any atom is 0.257 e. The van der Waals surface area contributed by atoms with Crippen LogP contribution in [0, 0.1) is 5.41 Å². The van der Waals surface area contributed by atoms with Gasteiger partial charge in [-0.2, -0.15) is 0 Å². The zero-order chi connectivity index (χ0) is 20.6. The molecule has 7 nitrogen and oxygen atoms in total. The first-order chi connectivity index (χ1) is 13.1. The van der Waals surface area contributed by atoms with Crippen LogP contribution in [0.5, 0.6) is 5.75 Å². The third-order valence-electron chi connectivity index (χ3n) is 5.67. The number of nitrogens with one attached hydrogen (secondary N) is 2. The normalized spacial score (nSPS) is 18.6. The molecule has 0 saturated heterocycles. The Hall–Kier alpha value is -2.83. The van der Waals surface area contributed by atoms with Gasteiger partial charge < -0.3 is 20.6 Å². The smallest absolute Gasteiger partial charge is 0.257 e. The number of phenolic OH excluding ortho intramolecular Hbond substituents is 1. The molecule has 0 bridgehead atoms. The summed E-state index contributed by atoms with van der Waals surface area (Å²) < 4.78 is 0. The molecule has 28 heavy (non-hydrogen) atoms. The van der Waals surface area contributed by atoms with Crippen LogP contribution in [-0.2, 0) is 0 Å². The number of phenols is 1. The van der Waals surface area contributed by atoms with Crippen LogP contribution in [0.2, 0.25) is 0 Å². The Morgan fingerprint density at radius 2 is 1.82 bits per heavy atom. The molecule has 2 aromatic rings. The van der Waals surface area contributed by atoms with E-state index in [0.29, 0.717) is 0 Å². The van der Waals surface area contributed by atoms with E-state index in [4.69, 9.17) is 0 Å². The Bertz CT molecular complexity index is 971. The quantitative estimate of drug-likeness (QED) is 0.541. The zero-order valence-electron chi connectivity index (χ0n) is 16.8. The fourth-order valence-corrected chi connectivity index (χ4v) is 3.78. The molecule has 0 spiro atoms. The van der Waals surface area contributed by atoms with E-state index in [1.54, 1.807) is 26.2 Å². The van der Waals surface area contributed by atoms with Crippen molar-refractivity contribution < 1.29 is 9.90 Å². The third kappa shape index (κ3) is 3.48. The van der Waals surface area contributed by atoms with E-state index in [1.807, 2.05) is 0 Å². The molecule has 0 aliphatic heterocycles. The highest BCUT2D eigenvalue weighted by molar-refractivity contribution is 5.99. The number of amides is 1. The molecule has 1 aliphatic rings. The van der Waals surface area contributed by atoms with Gasteiger partial charge in [0.25, 0.3) is 16.8 Å². The summed E-state index contributed by atoms with van der Waals surface area (Å²) in [5.74, 6) is -0.605. The number of aromatic hydroxyl groups is 1. The minimum atomic E-state index is -0.625. The highest BCUT2D eigenvalue weighted by atomic mass is 16.3. The first-order valence-electron chi connectivity index (χ1n) is 9.54. The van der Waals surface area contributed by atoms with Crippen LogP contribution in [0.3, 0.4) is 0 Å². The SMILES string of the molecule is CN(C)C(=O)c1cccc(Nc2c(NC3CCCCC3(C)C)c(=O)c2=O)c1O. The Morgan fingerprint density at radius 3 is 2.46 bits per heavy atom. The summed E-state index contributed by atoms with van der Waals surface area (Å²) in [4.78, 5) is 37.9. The lowest BCUT2D eigenvalue weighted by atomic mass is 9.73. The van der Waals surface area contributed by atoms with E-state index in [2.05, 4.69) is 24.5 Å². The highest BCUT2D eigenvalue weighted by Gasteiger charge is 2.34. The molecule has 0 radical (unpaired) electrons. The number of anilines is 3. The number of benzene rings is 1. The van der Waals surface area contributed by atoms with E-state index in [9.17, 15) is 19.5 Å². The highest BCUT2D eigenvalue weighted by Crippen LogP contribution is 2.38. The summed E-state index contributed by atoms with van der Waals surface area (Å²) >= 11 is 0. The zero-order valence-corrected chi connectivity index (χ0v) is 16.8. The number of rotatable bonds is 5. The maximum atomic E-state index is 12.2. The van der Waals surface area contributed by atoms with Crippen LogP contribution in [0.1, 0.15) is 49.9 Å². The Balaban J connectivity index is 1.88. The van der Waals surface area contributed by atoms with E-state index in [-0.39, 0.29) is 45.7 Å². The van der Waals surface area contributed by atoms with Crippen molar-refractivity contribution >= 4 is 23.0 Å². The van der Waals surface area contributed by atoms with Crippen molar-refractivity contribution in [3.63, 3.8) is 0 Å². The van der Waals surface area contributed by atoms with Crippen LogP contribution in [0.25, 0.3) is 0 Å². The number of carbonyl (C=O) groups excluding carboxylic acids is 1. The Labute approximate surface area is 164 Å². The van der Waals surface area contributed by atoms with Gasteiger partial charge in [0.05, 0.1) is 11.3 Å². The van der Waals surface area contributed by atoms with Gasteiger partial charge in [-0.05, 0) is 30.4 Å². The van der Waals surface area contributed by atoms with E-state index < -0.39 is 10.9 Å². The van der Waals surface area contributed by atoms with Gasteiger partial charge in [0.2, 0.25) is 0 Å². The molecule has 1 aliphatic carbocycles. The summed E-state index contributed by atoms with van der Waals surface area (Å²) in [5.41, 5.74) is -0.425. The summed E-state index contributed by atoms with van der Waals surface area (Å²) in [7, 11) is 3.18. The molecular weight excluding hydrogens is 358 g/mol. The molecule has 0 aromatic heterocycles. The molecule has 7 heteroatoms. The summed E-state index contributed by atoms with van der Waals surface area (Å²) in [6, 6.07) is 4.78. The summed E-state index contributed by atoms with van der Waals surface area (Å²) in [6.45, 7) is 4.31. The molecule has 1 atom stereocenters. The molecule has 1 amide bonds. The van der Waals surface area contributed by atoms with Gasteiger partial charge in [-0.1, -0.05) is 32.8 Å². The molecule has 150 valence electrons. The predicted octanol–water partition coefficient (Wildman–Crippen LogP) is 2.81. The fraction of sp³-hybridized carbons (Fsp3) is 0.476. The van der Waals surface area contributed by atoms with Gasteiger partial charge in [0.1, 0.15) is 11.4 Å². The monoisotopic (exact) mass is 385 g/mol. The van der Waals surface area contributed by atoms with Crippen molar-refractivity contribution in [3.05, 3.63) is 44.2 Å². The number of nitrogens with zero attached hydrogens (tertiary/aromatic N) is 1. The number of hydrogen-bond donors (Lipinski definition) is 3. The topological polar surface area (TPSA) is 98.7 Å². The van der Waals surface area contributed by atoms with E-state index >= 15 is 0 Å². The van der Waals surface area contributed by atoms with Gasteiger partial charge in [-0.15, -0.1) is 0 Å². The molecule has 2 aromatic carbocycles. The lowest BCUT2D eigenvalue weighted by Crippen LogP contribution is -2.44. The molecule has 1 saturated carbocycles. The molecule has 3 N–H and O–H groups in total. The third-order valence-corrected chi connectivity index (χ3v) is 5.67. The maximum absolute atomic E-state index is 12.2. The van der Waals surface area contributed by atoms with E-state index in [1.165, 1.54) is 11.0 Å². The van der Waals surface area contributed by atoms with Crippen molar-refractivity contribution in [1.82, 2.24) is 4.90 Å². The fourth-order valence-electron chi connectivity index (χ4n) is 3.78. The van der Waals surface area contributed by atoms with Crippen molar-refractivity contribution in [2.75, 3.05) is 24.7 Å². The Kier molecular flexibility index (Phi) is 5.19. The van der Waals surface area contributed by atoms with Crippen LogP contribution in [-0.4, -0.2) is 36.1 Å². The second-order valence-corrected chi connectivity index (χ2v) is 8.37. The Morgan fingerprint density at radius 1 is 1.14 bits per heavy atom. The van der Waals surface area contributed by atoms with Crippen molar-refractivity contribution in [3.8, 4) is 5.75 Å². The van der Waals surface area contributed by atoms with Crippen molar-refractivity contribution in [2.45, 2.75) is 45.6 Å². The first kappa shape index (κ1) is 19.9. The van der Waals surface area contributed by atoms with Crippen LogP contribution < -0.4 is 21.5 Å². The lowest BCUT2D eigenvalue weighted by Gasteiger charge is -2.40. The summed E-state index contributed by atoms with van der Waals surface area (Å²) in [6.07, 6.45) is 4.22. The first-order valence-corrected chi connectivity index (χ1v) is 9.54. The molecule has 0 heterocycles. The van der Waals surface area contributed by atoms with Crippen LogP contribution in [0.4, 0.5) is 17.1 Å². The van der Waals surface area contributed by atoms with Crippen molar-refractivity contribution in [1.29, 1.82) is 0 Å². The molecule has 1 unspecified atom stereocenters. The molecule has 3 rings (SSSR count). The van der Waals surface area contributed by atoms with Crippen LogP contribution in [0.15, 0.2) is 27.8 Å². The van der Waals surface area contributed by atoms with Gasteiger partial charge in [-0.3, -0.25) is 14.4 Å². The largest absolute Gasteiger partial charge is 0.505 e. The number of para-hydroxylation sites is 1.